The monoisotopic (exact) mass is 313 g/mol. The van der Waals surface area contributed by atoms with Crippen LogP contribution in [-0.2, 0) is 16.1 Å². The third-order valence-corrected chi connectivity index (χ3v) is 4.46. The summed E-state index contributed by atoms with van der Waals surface area (Å²) in [7, 11) is 0. The number of benzene rings is 1. The van der Waals surface area contributed by atoms with E-state index in [1.54, 1.807) is 30.9 Å². The Hall–Kier alpha value is -2.63. The normalized spacial score (nSPS) is 21.7. The SMILES string of the molecule is CC1(C)[C@@H](C(=O)O)[C@@H]1C(=O)Nc1cnn(Cc2ccccc2)c1. The van der Waals surface area contributed by atoms with Crippen LogP contribution in [0.4, 0.5) is 5.69 Å². The molecule has 1 heterocycles. The molecule has 1 aliphatic rings. The minimum Gasteiger partial charge on any atom is -0.481 e. The van der Waals surface area contributed by atoms with Crippen molar-refractivity contribution < 1.29 is 14.7 Å². The molecule has 120 valence electrons. The summed E-state index contributed by atoms with van der Waals surface area (Å²) in [6, 6.07) is 9.88. The van der Waals surface area contributed by atoms with Crippen LogP contribution in [0.5, 0.6) is 0 Å². The van der Waals surface area contributed by atoms with Gasteiger partial charge in [-0.2, -0.15) is 5.10 Å². The summed E-state index contributed by atoms with van der Waals surface area (Å²) in [6.45, 7) is 4.22. The largest absolute Gasteiger partial charge is 0.481 e. The van der Waals surface area contributed by atoms with Crippen molar-refractivity contribution >= 4 is 17.6 Å². The highest BCUT2D eigenvalue weighted by Crippen LogP contribution is 2.58. The molecule has 2 atom stereocenters. The van der Waals surface area contributed by atoms with Crippen LogP contribution >= 0.6 is 0 Å². The summed E-state index contributed by atoms with van der Waals surface area (Å²) in [5, 5.41) is 16.1. The quantitative estimate of drug-likeness (QED) is 0.886. The predicted octanol–water partition coefficient (Wildman–Crippen LogP) is 2.23. The second-order valence-corrected chi connectivity index (χ2v) is 6.52. The number of carboxylic acid groups (broad SMARTS) is 1. The summed E-state index contributed by atoms with van der Waals surface area (Å²) in [4.78, 5) is 23.4. The van der Waals surface area contributed by atoms with Crippen LogP contribution in [-0.4, -0.2) is 26.8 Å². The summed E-state index contributed by atoms with van der Waals surface area (Å²) in [5.74, 6) is -2.31. The summed E-state index contributed by atoms with van der Waals surface area (Å²) < 4.78 is 1.73. The minimum atomic E-state index is -0.921. The van der Waals surface area contributed by atoms with E-state index in [2.05, 4.69) is 10.4 Å². The molecule has 1 fully saturated rings. The van der Waals surface area contributed by atoms with E-state index in [0.717, 1.165) is 5.56 Å². The molecule has 2 N–H and O–H groups in total. The van der Waals surface area contributed by atoms with Crippen LogP contribution < -0.4 is 5.32 Å². The van der Waals surface area contributed by atoms with Crippen molar-refractivity contribution in [3.63, 3.8) is 0 Å². The van der Waals surface area contributed by atoms with Gasteiger partial charge in [-0.3, -0.25) is 14.3 Å². The van der Waals surface area contributed by atoms with Gasteiger partial charge in [0.05, 0.1) is 30.3 Å². The molecule has 1 aromatic carbocycles. The van der Waals surface area contributed by atoms with Crippen LogP contribution in [0.15, 0.2) is 42.7 Å². The van der Waals surface area contributed by atoms with E-state index in [9.17, 15) is 9.59 Å². The van der Waals surface area contributed by atoms with Gasteiger partial charge in [0.2, 0.25) is 5.91 Å². The first kappa shape index (κ1) is 15.3. The molecule has 1 saturated carbocycles. The molecular formula is C17H19N3O3. The van der Waals surface area contributed by atoms with Crippen molar-refractivity contribution in [2.24, 2.45) is 17.3 Å². The smallest absolute Gasteiger partial charge is 0.307 e. The number of aliphatic carboxylic acids is 1. The van der Waals surface area contributed by atoms with Crippen LogP contribution in [0, 0.1) is 17.3 Å². The van der Waals surface area contributed by atoms with Gasteiger partial charge in [-0.25, -0.2) is 0 Å². The number of carbonyl (C=O) groups excluding carboxylic acids is 1. The van der Waals surface area contributed by atoms with E-state index >= 15 is 0 Å². The number of nitrogens with zero attached hydrogens (tertiary/aromatic N) is 2. The van der Waals surface area contributed by atoms with Crippen LogP contribution in [0.3, 0.4) is 0 Å². The topological polar surface area (TPSA) is 84.2 Å². The van der Waals surface area contributed by atoms with Gasteiger partial charge < -0.3 is 10.4 Å². The lowest BCUT2D eigenvalue weighted by molar-refractivity contribution is -0.140. The number of nitrogens with one attached hydrogen (secondary N) is 1. The Morgan fingerprint density at radius 1 is 1.26 bits per heavy atom. The maximum absolute atomic E-state index is 12.3. The van der Waals surface area contributed by atoms with Gasteiger partial charge in [0.25, 0.3) is 0 Å². The first-order valence-electron chi connectivity index (χ1n) is 7.49. The molecule has 0 bridgehead atoms. The molecule has 3 rings (SSSR count). The maximum Gasteiger partial charge on any atom is 0.307 e. The van der Waals surface area contributed by atoms with Crippen molar-refractivity contribution in [2.45, 2.75) is 20.4 Å². The third-order valence-electron chi connectivity index (χ3n) is 4.46. The molecule has 0 radical (unpaired) electrons. The van der Waals surface area contributed by atoms with Crippen molar-refractivity contribution in [3.05, 3.63) is 48.3 Å². The van der Waals surface area contributed by atoms with Crippen molar-refractivity contribution in [1.82, 2.24) is 9.78 Å². The number of carboxylic acids is 1. The van der Waals surface area contributed by atoms with Crippen molar-refractivity contribution in [2.75, 3.05) is 5.32 Å². The molecule has 1 aliphatic carbocycles. The van der Waals surface area contributed by atoms with Gasteiger partial charge in [-0.15, -0.1) is 0 Å². The second kappa shape index (κ2) is 5.53. The summed E-state index contributed by atoms with van der Waals surface area (Å²) in [6.07, 6.45) is 3.32. The van der Waals surface area contributed by atoms with Gasteiger partial charge in [-0.05, 0) is 11.0 Å². The van der Waals surface area contributed by atoms with Gasteiger partial charge in [-0.1, -0.05) is 44.2 Å². The van der Waals surface area contributed by atoms with Crippen LogP contribution in [0.1, 0.15) is 19.4 Å². The maximum atomic E-state index is 12.3. The number of hydrogen-bond acceptors (Lipinski definition) is 3. The third kappa shape index (κ3) is 2.97. The lowest BCUT2D eigenvalue weighted by Crippen LogP contribution is -2.17. The molecule has 6 heteroatoms. The number of rotatable bonds is 5. The highest BCUT2D eigenvalue weighted by atomic mass is 16.4. The number of hydrogen-bond donors (Lipinski definition) is 2. The second-order valence-electron chi connectivity index (χ2n) is 6.52. The standard InChI is InChI=1S/C17H19N3O3/c1-17(2)13(14(17)16(22)23)15(21)19-12-8-18-20(10-12)9-11-6-4-3-5-7-11/h3-8,10,13-14H,9H2,1-2H3,(H,19,21)(H,22,23)/t13-,14-/m1/s1. The molecular weight excluding hydrogens is 294 g/mol. The Labute approximate surface area is 134 Å². The number of aromatic nitrogens is 2. The minimum absolute atomic E-state index is 0.262. The van der Waals surface area contributed by atoms with E-state index in [1.807, 2.05) is 30.3 Å². The lowest BCUT2D eigenvalue weighted by Gasteiger charge is -2.03. The number of carbonyl (C=O) groups is 2. The van der Waals surface area contributed by atoms with E-state index < -0.39 is 23.2 Å². The molecule has 0 unspecified atom stereocenters. The van der Waals surface area contributed by atoms with Gasteiger partial charge in [0.1, 0.15) is 0 Å². The fraction of sp³-hybridized carbons (Fsp3) is 0.353. The predicted molar refractivity (Wildman–Crippen MR) is 84.8 cm³/mol. The number of anilines is 1. The summed E-state index contributed by atoms with van der Waals surface area (Å²) >= 11 is 0. The average Bonchev–Trinajstić information content (AvgIpc) is 2.84. The average molecular weight is 313 g/mol. The zero-order valence-electron chi connectivity index (χ0n) is 13.1. The van der Waals surface area contributed by atoms with Crippen LogP contribution in [0.25, 0.3) is 0 Å². The van der Waals surface area contributed by atoms with Crippen molar-refractivity contribution in [3.8, 4) is 0 Å². The van der Waals surface area contributed by atoms with E-state index in [-0.39, 0.29) is 5.91 Å². The molecule has 0 aliphatic heterocycles. The van der Waals surface area contributed by atoms with Crippen molar-refractivity contribution in [1.29, 1.82) is 0 Å². The summed E-state index contributed by atoms with van der Waals surface area (Å²) in [5.41, 5.74) is 1.19. The Morgan fingerprint density at radius 3 is 2.57 bits per heavy atom. The molecule has 2 aromatic rings. The number of amides is 1. The Kier molecular flexibility index (Phi) is 3.67. The lowest BCUT2D eigenvalue weighted by atomic mass is 10.1. The fourth-order valence-corrected chi connectivity index (χ4v) is 3.09. The zero-order valence-corrected chi connectivity index (χ0v) is 13.1. The Morgan fingerprint density at radius 2 is 1.96 bits per heavy atom. The Balaban J connectivity index is 1.64. The van der Waals surface area contributed by atoms with E-state index in [4.69, 9.17) is 5.11 Å². The van der Waals surface area contributed by atoms with E-state index in [0.29, 0.717) is 12.2 Å². The molecule has 1 aromatic heterocycles. The van der Waals surface area contributed by atoms with E-state index in [1.165, 1.54) is 0 Å². The first-order chi connectivity index (χ1) is 10.9. The highest BCUT2D eigenvalue weighted by Gasteiger charge is 2.65. The molecule has 0 saturated heterocycles. The first-order valence-corrected chi connectivity index (χ1v) is 7.49. The molecule has 6 nitrogen and oxygen atoms in total. The van der Waals surface area contributed by atoms with Gasteiger partial charge in [0, 0.05) is 6.20 Å². The molecule has 1 amide bonds. The van der Waals surface area contributed by atoms with Crippen LogP contribution in [0.2, 0.25) is 0 Å². The zero-order chi connectivity index (χ0) is 16.6. The van der Waals surface area contributed by atoms with Gasteiger partial charge in [0.15, 0.2) is 0 Å². The molecule has 23 heavy (non-hydrogen) atoms. The van der Waals surface area contributed by atoms with Gasteiger partial charge >= 0.3 is 5.97 Å². The highest BCUT2D eigenvalue weighted by molar-refractivity contribution is 5.99. The fourth-order valence-electron chi connectivity index (χ4n) is 3.09. The molecule has 0 spiro atoms. The Bertz CT molecular complexity index is 737.